The predicted molar refractivity (Wildman–Crippen MR) is 93.0 cm³/mol. The highest BCUT2D eigenvalue weighted by molar-refractivity contribution is 7.84. The number of nitrogens with two attached hydrogens (primary N) is 2. The highest BCUT2D eigenvalue weighted by Crippen LogP contribution is 2.47. The second-order valence-corrected chi connectivity index (χ2v) is 8.98. The van der Waals surface area contributed by atoms with Crippen LogP contribution in [0.5, 0.6) is 0 Å². The Bertz CT molecular complexity index is 1000. The maximum atomic E-state index is 11.5. The van der Waals surface area contributed by atoms with Crippen molar-refractivity contribution in [1.29, 1.82) is 0 Å². The number of guanidine groups is 1. The molecule has 3 rings (SSSR count). The summed E-state index contributed by atoms with van der Waals surface area (Å²) in [5, 5.41) is 34.8. The highest BCUT2D eigenvalue weighted by atomic mass is 32.3. The fourth-order valence-electron chi connectivity index (χ4n) is 3.88. The van der Waals surface area contributed by atoms with Crippen LogP contribution in [0.1, 0.15) is 0 Å². The van der Waals surface area contributed by atoms with Gasteiger partial charge in [0.05, 0.1) is 6.04 Å². The molecule has 1 spiro atoms. The molecule has 3 aliphatic rings. The van der Waals surface area contributed by atoms with Crippen molar-refractivity contribution in [3.8, 4) is 0 Å². The summed E-state index contributed by atoms with van der Waals surface area (Å²) in [7, 11) is -10.1. The highest BCUT2D eigenvalue weighted by Gasteiger charge is 2.76. The lowest BCUT2D eigenvalue weighted by Gasteiger charge is -2.54. The van der Waals surface area contributed by atoms with Crippen LogP contribution in [-0.4, -0.2) is 112 Å². The van der Waals surface area contributed by atoms with Crippen molar-refractivity contribution >= 4 is 32.8 Å². The summed E-state index contributed by atoms with van der Waals surface area (Å²) in [6, 6.07) is -3.03. The smallest absolute Gasteiger partial charge is 0.422 e. The molecule has 0 radical (unpaired) electrons. The molecule has 0 aromatic carbocycles. The number of amides is 1. The van der Waals surface area contributed by atoms with E-state index in [4.69, 9.17) is 20.6 Å². The van der Waals surface area contributed by atoms with Crippen LogP contribution in [0, 0.1) is 0 Å². The number of carbonyl (C=O) groups is 1. The van der Waals surface area contributed by atoms with Crippen molar-refractivity contribution in [2.75, 3.05) is 13.2 Å². The first-order chi connectivity index (χ1) is 14.0. The van der Waals surface area contributed by atoms with Crippen LogP contribution >= 0.6 is 0 Å². The monoisotopic (exact) mass is 493 g/mol. The van der Waals surface area contributed by atoms with Gasteiger partial charge in [0.1, 0.15) is 25.0 Å². The second-order valence-electron chi connectivity index (χ2n) is 6.78. The topological polar surface area (TPSA) is 300 Å². The molecule has 11 N–H and O–H groups in total. The molecular weight excluding hydrogens is 474 g/mol. The van der Waals surface area contributed by atoms with E-state index in [1.165, 1.54) is 0 Å². The molecule has 31 heavy (non-hydrogen) atoms. The van der Waals surface area contributed by atoms with Crippen molar-refractivity contribution in [2.45, 2.75) is 35.9 Å². The lowest BCUT2D eigenvalue weighted by Crippen LogP contribution is -2.83. The molecule has 178 valence electrons. The van der Waals surface area contributed by atoms with Gasteiger partial charge in [0.2, 0.25) is 5.79 Å². The lowest BCUT2D eigenvalue weighted by atomic mass is 9.85. The van der Waals surface area contributed by atoms with Crippen LogP contribution in [0.2, 0.25) is 0 Å². The van der Waals surface area contributed by atoms with E-state index in [1.54, 1.807) is 0 Å². The van der Waals surface area contributed by atoms with E-state index in [9.17, 15) is 37.1 Å². The maximum absolute atomic E-state index is 11.5. The average molecular weight is 493 g/mol. The van der Waals surface area contributed by atoms with E-state index in [0.29, 0.717) is 5.06 Å². The Morgan fingerprint density at radius 3 is 2.48 bits per heavy atom. The molecule has 1 amide bonds. The average Bonchev–Trinajstić information content (AvgIpc) is 3.02. The van der Waals surface area contributed by atoms with Crippen molar-refractivity contribution in [3.63, 3.8) is 0 Å². The van der Waals surface area contributed by atoms with Crippen molar-refractivity contribution in [1.82, 2.24) is 20.0 Å². The predicted octanol–water partition coefficient (Wildman–Crippen LogP) is -6.00. The second kappa shape index (κ2) is 7.31. The van der Waals surface area contributed by atoms with E-state index < -0.39 is 81.8 Å². The summed E-state index contributed by atoms with van der Waals surface area (Å²) in [6.07, 6.45) is -5.32. The molecule has 0 aromatic rings. The van der Waals surface area contributed by atoms with Crippen LogP contribution in [0.4, 0.5) is 4.79 Å². The van der Waals surface area contributed by atoms with Gasteiger partial charge in [-0.2, -0.15) is 26.6 Å². The first-order valence-electron chi connectivity index (χ1n) is 8.13. The van der Waals surface area contributed by atoms with Crippen LogP contribution in [0.15, 0.2) is 4.99 Å². The van der Waals surface area contributed by atoms with E-state index in [1.807, 2.05) is 0 Å². The number of aliphatic imine (C=N–C) groups is 1. The number of rotatable bonds is 5. The number of hydrogen-bond acceptors (Lipinski definition) is 16. The standard InChI is InChI=1S/C10H19N7O12S2/c11-6-13-5-3(2-28-8(18)15-30(22,23)24)17(21)7(12)16-1-4(29-31(25,26)27)10(19,20)9(5,16)14-6/h3-5,7,19-21H,1-2,12H2,(H,15,18)(H3,11,13,14)(H,22,23,24)(H,25,26,27)/t3-,4+,5-,7?,9-/m0/s1. The third-order valence-electron chi connectivity index (χ3n) is 4.98. The number of aliphatic hydroxyl groups is 2. The van der Waals surface area contributed by atoms with Gasteiger partial charge in [-0.15, -0.1) is 0 Å². The zero-order valence-corrected chi connectivity index (χ0v) is 16.8. The van der Waals surface area contributed by atoms with Crippen LogP contribution in [-0.2, 0) is 29.6 Å². The summed E-state index contributed by atoms with van der Waals surface area (Å²) in [5.41, 5.74) is 9.30. The van der Waals surface area contributed by atoms with Gasteiger partial charge in [0, 0.05) is 6.54 Å². The van der Waals surface area contributed by atoms with E-state index >= 15 is 0 Å². The van der Waals surface area contributed by atoms with Gasteiger partial charge >= 0.3 is 26.8 Å². The number of hydroxylamine groups is 2. The van der Waals surface area contributed by atoms with Gasteiger partial charge in [-0.05, 0) is 0 Å². The van der Waals surface area contributed by atoms with E-state index in [0.717, 1.165) is 9.62 Å². The molecular formula is C10H19N7O12S2. The first-order valence-corrected chi connectivity index (χ1v) is 10.9. The fraction of sp³-hybridized carbons (Fsp3) is 0.800. The Labute approximate surface area is 174 Å². The SMILES string of the molecule is NC1=N[C@H]2[C@H](COC(=O)NS(=O)(=O)O)N(O)C(N)N3C[C@@H](OS(=O)(=O)O)C(O)(O)[C@]23N1. The first kappa shape index (κ1) is 23.7. The number of nitrogens with one attached hydrogen (secondary N) is 2. The third kappa shape index (κ3) is 4.00. The molecule has 2 fully saturated rings. The summed E-state index contributed by atoms with van der Waals surface area (Å²) in [6.45, 7) is -1.54. The van der Waals surface area contributed by atoms with Gasteiger partial charge < -0.3 is 36.9 Å². The molecule has 21 heteroatoms. The molecule has 1 unspecified atom stereocenters. The largest absolute Gasteiger partial charge is 0.447 e. The number of nitrogens with zero attached hydrogens (tertiary/aromatic N) is 3. The Balaban J connectivity index is 1.95. The van der Waals surface area contributed by atoms with Gasteiger partial charge in [0.15, 0.2) is 11.6 Å². The van der Waals surface area contributed by atoms with Crippen molar-refractivity contribution in [3.05, 3.63) is 0 Å². The molecule has 5 atom stereocenters. The number of carbonyl (C=O) groups excluding carboxylic acids is 1. The minimum atomic E-state index is -5.17. The molecule has 0 aliphatic carbocycles. The number of ether oxygens (including phenoxy) is 1. The van der Waals surface area contributed by atoms with E-state index in [2.05, 4.69) is 19.2 Å². The minimum absolute atomic E-state index is 0.360. The summed E-state index contributed by atoms with van der Waals surface area (Å²) in [5.74, 6) is -3.57. The Hall–Kier alpha value is -1.92. The number of hydrogen-bond donors (Lipinski definition) is 9. The van der Waals surface area contributed by atoms with Gasteiger partial charge in [0.25, 0.3) is 0 Å². The maximum Gasteiger partial charge on any atom is 0.422 e. The Morgan fingerprint density at radius 1 is 1.32 bits per heavy atom. The molecule has 0 saturated carbocycles. The van der Waals surface area contributed by atoms with Crippen LogP contribution in [0.3, 0.4) is 0 Å². The molecule has 0 bridgehead atoms. The fourth-order valence-corrected chi connectivity index (χ4v) is 4.63. The van der Waals surface area contributed by atoms with Crippen LogP contribution < -0.4 is 21.5 Å². The molecule has 0 aromatic heterocycles. The van der Waals surface area contributed by atoms with Gasteiger partial charge in [-0.25, -0.2) is 18.9 Å². The Kier molecular flexibility index (Phi) is 5.60. The molecule has 3 aliphatic heterocycles. The van der Waals surface area contributed by atoms with Crippen molar-refractivity contribution in [2.24, 2.45) is 16.5 Å². The summed E-state index contributed by atoms with van der Waals surface area (Å²) < 4.78 is 71.2. The van der Waals surface area contributed by atoms with Crippen molar-refractivity contribution < 1.29 is 55.1 Å². The molecule has 2 saturated heterocycles. The minimum Gasteiger partial charge on any atom is -0.447 e. The zero-order chi connectivity index (χ0) is 23.6. The summed E-state index contributed by atoms with van der Waals surface area (Å²) in [4.78, 5) is 16.3. The van der Waals surface area contributed by atoms with Gasteiger partial charge in [-0.1, -0.05) is 0 Å². The molecule has 3 heterocycles. The molecule has 19 nitrogen and oxygen atoms in total. The summed E-state index contributed by atoms with van der Waals surface area (Å²) >= 11 is 0. The zero-order valence-electron chi connectivity index (χ0n) is 15.1. The quantitative estimate of drug-likeness (QED) is 0.127. The van der Waals surface area contributed by atoms with Gasteiger partial charge in [-0.3, -0.25) is 9.11 Å². The third-order valence-corrected chi connectivity index (χ3v) is 5.88. The Morgan fingerprint density at radius 2 is 1.94 bits per heavy atom. The lowest BCUT2D eigenvalue weighted by molar-refractivity contribution is -0.312. The normalized spacial score (nSPS) is 35.6. The van der Waals surface area contributed by atoms with Crippen LogP contribution in [0.25, 0.3) is 0 Å². The van der Waals surface area contributed by atoms with E-state index in [-0.39, 0.29) is 0 Å².